The molecule has 16 heteroatoms. The maximum atomic E-state index is 13.9. The number of rotatable bonds is 13. The number of fused-ring (bicyclic) bond motifs is 3. The van der Waals surface area contributed by atoms with Crippen LogP contribution in [0.2, 0.25) is 0 Å². The number of ether oxygens (including phenoxy) is 5. The van der Waals surface area contributed by atoms with E-state index in [1.54, 1.807) is 0 Å². The van der Waals surface area contributed by atoms with Crippen LogP contribution in [0.5, 0.6) is 17.2 Å². The number of hydrogen-bond acceptors (Lipinski definition) is 14. The van der Waals surface area contributed by atoms with Gasteiger partial charge in [0, 0.05) is 41.9 Å². The minimum absolute atomic E-state index is 0.00538. The first-order valence-corrected chi connectivity index (χ1v) is 16.6. The highest BCUT2D eigenvalue weighted by Gasteiger charge is 2.46. The van der Waals surface area contributed by atoms with Crippen molar-refractivity contribution < 1.29 is 72.9 Å². The average Bonchev–Trinajstić information content (AvgIpc) is 3.11. The molecule has 0 saturated carbocycles. The number of carbonyl (C=O) groups is 6. The summed E-state index contributed by atoms with van der Waals surface area (Å²) in [6.07, 6.45) is -5.05. The molecule has 6 atom stereocenters. The van der Waals surface area contributed by atoms with Crippen molar-refractivity contribution in [3.8, 4) is 17.2 Å². The van der Waals surface area contributed by atoms with Gasteiger partial charge in [-0.05, 0) is 32.3 Å². The quantitative estimate of drug-likeness (QED) is 0.0967. The zero-order valence-corrected chi connectivity index (χ0v) is 28.4. The van der Waals surface area contributed by atoms with Crippen LogP contribution in [0.1, 0.15) is 88.1 Å². The Balaban J connectivity index is 1.50. The lowest BCUT2D eigenvalue weighted by Gasteiger charge is -2.41. The zero-order chi connectivity index (χ0) is 37.9. The number of aromatic hydroxyl groups is 2. The van der Waals surface area contributed by atoms with Crippen molar-refractivity contribution in [2.75, 3.05) is 20.3 Å². The normalized spacial score (nSPS) is 23.4. The topological polar surface area (TPSA) is 242 Å². The van der Waals surface area contributed by atoms with E-state index < -0.39 is 101 Å². The lowest BCUT2D eigenvalue weighted by atomic mass is 9.73. The number of aliphatic hydroxyl groups is 1. The van der Waals surface area contributed by atoms with E-state index in [0.717, 1.165) is 0 Å². The second-order valence-electron chi connectivity index (χ2n) is 12.7. The van der Waals surface area contributed by atoms with Crippen LogP contribution in [0.15, 0.2) is 30.9 Å². The Morgan fingerprint density at radius 2 is 1.75 bits per heavy atom. The molecular weight excluding hydrogens is 686 g/mol. The highest BCUT2D eigenvalue weighted by atomic mass is 16.7. The maximum absolute atomic E-state index is 13.9. The van der Waals surface area contributed by atoms with Crippen molar-refractivity contribution in [1.82, 2.24) is 5.32 Å². The number of phenols is 2. The van der Waals surface area contributed by atoms with E-state index in [0.29, 0.717) is 0 Å². The van der Waals surface area contributed by atoms with E-state index in [-0.39, 0.29) is 73.1 Å². The van der Waals surface area contributed by atoms with Crippen LogP contribution >= 0.6 is 0 Å². The Hall–Kier alpha value is -5.32. The molecule has 1 amide bonds. The fraction of sp³-hybridized carbons (Fsp3) is 0.444. The number of hydrogen-bond donors (Lipinski definition) is 5. The van der Waals surface area contributed by atoms with Gasteiger partial charge >= 0.3 is 18.0 Å². The Kier molecular flexibility index (Phi) is 11.6. The second kappa shape index (κ2) is 15.9. The molecule has 2 aliphatic carbocycles. The number of carboxylic acids is 1. The summed E-state index contributed by atoms with van der Waals surface area (Å²) in [5.74, 6) is -6.30. The maximum Gasteiger partial charge on any atom is 0.407 e. The average molecular weight is 726 g/mol. The minimum atomic E-state index is -1.28. The van der Waals surface area contributed by atoms with Gasteiger partial charge in [-0.1, -0.05) is 24.8 Å². The van der Waals surface area contributed by atoms with Gasteiger partial charge in [-0.3, -0.25) is 24.0 Å². The monoisotopic (exact) mass is 725 g/mol. The summed E-state index contributed by atoms with van der Waals surface area (Å²) in [5, 5.41) is 45.6. The van der Waals surface area contributed by atoms with Gasteiger partial charge in [-0.2, -0.15) is 0 Å². The summed E-state index contributed by atoms with van der Waals surface area (Å²) in [5.41, 5.74) is -1.26. The van der Waals surface area contributed by atoms with Gasteiger partial charge in [-0.25, -0.2) is 4.79 Å². The Morgan fingerprint density at radius 3 is 2.44 bits per heavy atom. The number of alkyl carbamates (subject to hydrolysis) is 1. The molecule has 5 rings (SSSR count). The molecule has 1 saturated heterocycles. The van der Waals surface area contributed by atoms with Crippen molar-refractivity contribution in [2.24, 2.45) is 5.92 Å². The standard InChI is InChI=1S/C36H39NO15/c1-4-11-49-36(47)37-20-14-26(51-16(2)31(20)42)52-23-13-17(21(38)15-50-25(41)10-6-9-24(39)40)12-19-28(23)35(46)30-29(33(19)44)32(43)18-7-5-8-22(48-3)27(18)34(30)45/h4-5,7-8,16-17,20,23,26,31,42,44,46H,1,6,9-15H2,2-3H3,(H,37,47)(H,39,40)/t16-,17+,20-,23-,26-,31+/m0/s1. The van der Waals surface area contributed by atoms with Crippen molar-refractivity contribution >= 4 is 35.4 Å². The number of carboxylic acid groups (broad SMARTS) is 1. The summed E-state index contributed by atoms with van der Waals surface area (Å²) < 4.78 is 27.6. The number of carbonyl (C=O) groups excluding carboxylic acids is 5. The molecule has 5 N–H and O–H groups in total. The minimum Gasteiger partial charge on any atom is -0.507 e. The molecule has 278 valence electrons. The smallest absolute Gasteiger partial charge is 0.407 e. The molecule has 1 heterocycles. The molecule has 1 fully saturated rings. The van der Waals surface area contributed by atoms with E-state index in [1.807, 2.05) is 0 Å². The van der Waals surface area contributed by atoms with Gasteiger partial charge in [0.05, 0.1) is 42.0 Å². The molecule has 2 aromatic carbocycles. The summed E-state index contributed by atoms with van der Waals surface area (Å²) in [6, 6.07) is 3.42. The molecule has 2 aromatic rings. The molecule has 0 aromatic heterocycles. The second-order valence-corrected chi connectivity index (χ2v) is 12.7. The number of esters is 1. The van der Waals surface area contributed by atoms with Crippen LogP contribution in [0, 0.1) is 5.92 Å². The number of benzene rings is 2. The van der Waals surface area contributed by atoms with Gasteiger partial charge in [0.1, 0.15) is 36.6 Å². The Morgan fingerprint density at radius 1 is 1.02 bits per heavy atom. The SMILES string of the molecule is C=CCOC(=O)N[C@H]1C[C@H](O[C@H]2C[C@H](C(=O)COC(=O)CCCC(=O)O)Cc3c(O)c4c(c(O)c32)C(=O)c2c(OC)cccc2C4=O)O[C@@H](C)[C@H]1O. The van der Waals surface area contributed by atoms with Crippen molar-refractivity contribution in [3.63, 3.8) is 0 Å². The molecule has 3 aliphatic rings. The molecule has 0 spiro atoms. The van der Waals surface area contributed by atoms with Crippen LogP contribution in [0.25, 0.3) is 0 Å². The number of aliphatic carboxylic acids is 1. The van der Waals surface area contributed by atoms with Gasteiger partial charge in [0.25, 0.3) is 0 Å². The van der Waals surface area contributed by atoms with E-state index in [9.17, 15) is 44.1 Å². The number of Topliss-reactive ketones (excluding diaryl/α,β-unsaturated/α-hetero) is 1. The van der Waals surface area contributed by atoms with Crippen LogP contribution in [0.4, 0.5) is 4.79 Å². The van der Waals surface area contributed by atoms with E-state index in [1.165, 1.54) is 38.3 Å². The first-order chi connectivity index (χ1) is 24.8. The lowest BCUT2D eigenvalue weighted by Crippen LogP contribution is -2.55. The van der Waals surface area contributed by atoms with Crippen LogP contribution < -0.4 is 10.1 Å². The van der Waals surface area contributed by atoms with Gasteiger partial charge in [0.15, 0.2) is 17.9 Å². The number of ketones is 3. The van der Waals surface area contributed by atoms with Crippen molar-refractivity contribution in [2.45, 2.75) is 76.1 Å². The Labute approximate surface area is 297 Å². The van der Waals surface area contributed by atoms with E-state index in [4.69, 9.17) is 28.8 Å². The molecule has 0 radical (unpaired) electrons. The lowest BCUT2D eigenvalue weighted by molar-refractivity contribution is -0.245. The first kappa shape index (κ1) is 37.9. The molecule has 0 bridgehead atoms. The fourth-order valence-electron chi connectivity index (χ4n) is 6.77. The summed E-state index contributed by atoms with van der Waals surface area (Å²) in [6.45, 7) is 4.23. The van der Waals surface area contributed by atoms with Crippen LogP contribution in [-0.4, -0.2) is 101 Å². The van der Waals surface area contributed by atoms with Gasteiger partial charge in [0.2, 0.25) is 5.78 Å². The van der Waals surface area contributed by atoms with E-state index in [2.05, 4.69) is 11.9 Å². The number of methoxy groups -OCH3 is 1. The summed E-state index contributed by atoms with van der Waals surface area (Å²) >= 11 is 0. The summed E-state index contributed by atoms with van der Waals surface area (Å²) in [4.78, 5) is 76.5. The number of amides is 1. The van der Waals surface area contributed by atoms with Crippen LogP contribution in [0.3, 0.4) is 0 Å². The third-order valence-electron chi connectivity index (χ3n) is 9.29. The molecule has 52 heavy (non-hydrogen) atoms. The Bertz CT molecular complexity index is 1800. The number of nitrogens with one attached hydrogen (secondary N) is 1. The third kappa shape index (κ3) is 7.63. The number of aliphatic hydroxyl groups excluding tert-OH is 1. The largest absolute Gasteiger partial charge is 0.507 e. The predicted octanol–water partition coefficient (Wildman–Crippen LogP) is 2.65. The molecule has 0 unspecified atom stereocenters. The molecule has 16 nitrogen and oxygen atoms in total. The zero-order valence-electron chi connectivity index (χ0n) is 28.4. The van der Waals surface area contributed by atoms with Crippen LogP contribution in [-0.2, 0) is 39.8 Å². The van der Waals surface area contributed by atoms with Gasteiger partial charge in [-0.15, -0.1) is 0 Å². The predicted molar refractivity (Wildman–Crippen MR) is 176 cm³/mol. The van der Waals surface area contributed by atoms with E-state index >= 15 is 0 Å². The third-order valence-corrected chi connectivity index (χ3v) is 9.29. The first-order valence-electron chi connectivity index (χ1n) is 16.6. The fourth-order valence-corrected chi connectivity index (χ4v) is 6.77. The number of phenolic OH excluding ortho intramolecular Hbond substituents is 2. The molecular formula is C36H39NO15. The highest BCUT2D eigenvalue weighted by Crippen LogP contribution is 2.51. The highest BCUT2D eigenvalue weighted by molar-refractivity contribution is 6.31. The molecule has 1 aliphatic heterocycles. The van der Waals surface area contributed by atoms with Gasteiger partial charge < -0.3 is 49.4 Å². The van der Waals surface area contributed by atoms with Crippen molar-refractivity contribution in [3.05, 3.63) is 64.2 Å². The summed E-state index contributed by atoms with van der Waals surface area (Å²) in [7, 11) is 1.31. The van der Waals surface area contributed by atoms with Crippen molar-refractivity contribution in [1.29, 1.82) is 0 Å².